The van der Waals surface area contributed by atoms with Crippen LogP contribution in [0.5, 0.6) is 0 Å². The van der Waals surface area contributed by atoms with Gasteiger partial charge in [-0.25, -0.2) is 9.97 Å². The van der Waals surface area contributed by atoms with Crippen LogP contribution in [0.3, 0.4) is 0 Å². The molecule has 0 amide bonds. The van der Waals surface area contributed by atoms with Crippen LogP contribution in [0.2, 0.25) is 0 Å². The lowest BCUT2D eigenvalue weighted by molar-refractivity contribution is 0.128. The number of ether oxygens (including phenoxy) is 1. The molecule has 0 aromatic carbocycles. The molecule has 3 N–H and O–H groups in total. The molecule has 0 saturated carbocycles. The van der Waals surface area contributed by atoms with E-state index < -0.39 is 0 Å². The average molecular weight is 296 g/mol. The lowest BCUT2D eigenvalue weighted by atomic mass is 10.0. The molecule has 1 unspecified atom stereocenters. The summed E-state index contributed by atoms with van der Waals surface area (Å²) in [7, 11) is 0. The summed E-state index contributed by atoms with van der Waals surface area (Å²) in [4.78, 5) is 8.91. The Bertz CT molecular complexity index is 413. The number of anilines is 2. The lowest BCUT2D eigenvalue weighted by Crippen LogP contribution is -2.27. The summed E-state index contributed by atoms with van der Waals surface area (Å²) in [5, 5.41) is 15.8. The zero-order valence-corrected chi connectivity index (χ0v) is 13.5. The highest BCUT2D eigenvalue weighted by atomic mass is 16.5. The summed E-state index contributed by atoms with van der Waals surface area (Å²) in [5.41, 5.74) is 0. The van der Waals surface area contributed by atoms with Crippen LogP contribution in [0.25, 0.3) is 0 Å². The Balaban J connectivity index is 2.89. The molecule has 120 valence electrons. The van der Waals surface area contributed by atoms with Crippen molar-refractivity contribution in [2.24, 2.45) is 5.92 Å². The van der Waals surface area contributed by atoms with Crippen LogP contribution in [0.15, 0.2) is 6.07 Å². The van der Waals surface area contributed by atoms with Crippen molar-refractivity contribution in [2.75, 3.05) is 30.4 Å². The molecule has 0 saturated heterocycles. The maximum absolute atomic E-state index is 9.17. The van der Waals surface area contributed by atoms with Gasteiger partial charge in [0.2, 0.25) is 0 Å². The summed E-state index contributed by atoms with van der Waals surface area (Å²) in [6, 6.07) is 2.07. The second-order valence-electron chi connectivity index (χ2n) is 5.23. The molecule has 21 heavy (non-hydrogen) atoms. The largest absolute Gasteiger partial charge is 0.396 e. The third kappa shape index (κ3) is 6.27. The van der Waals surface area contributed by atoms with Gasteiger partial charge in [-0.3, -0.25) is 0 Å². The van der Waals surface area contributed by atoms with Gasteiger partial charge in [-0.1, -0.05) is 13.8 Å². The van der Waals surface area contributed by atoms with Crippen LogP contribution < -0.4 is 10.6 Å². The number of aliphatic hydroxyl groups is 1. The van der Waals surface area contributed by atoms with Crippen LogP contribution in [-0.4, -0.2) is 40.9 Å². The van der Waals surface area contributed by atoms with Crippen molar-refractivity contribution in [3.8, 4) is 0 Å². The Morgan fingerprint density at radius 1 is 1.24 bits per heavy atom. The predicted octanol–water partition coefficient (Wildman–Crippen LogP) is 2.26. The highest BCUT2D eigenvalue weighted by Crippen LogP contribution is 2.17. The number of aromatic nitrogens is 2. The molecule has 1 atom stereocenters. The van der Waals surface area contributed by atoms with Gasteiger partial charge in [-0.05, 0) is 26.2 Å². The topological polar surface area (TPSA) is 79.3 Å². The van der Waals surface area contributed by atoms with Gasteiger partial charge in [0.05, 0.1) is 0 Å². The minimum absolute atomic E-state index is 0.160. The van der Waals surface area contributed by atoms with Gasteiger partial charge in [-0.15, -0.1) is 0 Å². The van der Waals surface area contributed by atoms with E-state index in [2.05, 4.69) is 34.4 Å². The fourth-order valence-electron chi connectivity index (χ4n) is 2.00. The van der Waals surface area contributed by atoms with Crippen molar-refractivity contribution in [3.05, 3.63) is 11.9 Å². The van der Waals surface area contributed by atoms with E-state index in [0.29, 0.717) is 31.4 Å². The first-order valence-corrected chi connectivity index (χ1v) is 7.67. The van der Waals surface area contributed by atoms with E-state index in [4.69, 9.17) is 9.84 Å². The predicted molar refractivity (Wildman–Crippen MR) is 85.5 cm³/mol. The highest BCUT2D eigenvalue weighted by molar-refractivity contribution is 5.48. The second-order valence-corrected chi connectivity index (χ2v) is 5.23. The van der Waals surface area contributed by atoms with E-state index in [0.717, 1.165) is 18.2 Å². The van der Waals surface area contributed by atoms with Crippen molar-refractivity contribution < 1.29 is 9.84 Å². The minimum Gasteiger partial charge on any atom is -0.396 e. The molecule has 6 nitrogen and oxygen atoms in total. The summed E-state index contributed by atoms with van der Waals surface area (Å²) in [5.74, 6) is 2.62. The molecule has 0 fully saturated rings. The molecule has 6 heteroatoms. The number of hydrogen-bond donors (Lipinski definition) is 3. The van der Waals surface area contributed by atoms with Gasteiger partial charge in [0.15, 0.2) is 5.82 Å². The molecule has 0 aliphatic rings. The van der Waals surface area contributed by atoms with E-state index in [1.165, 1.54) is 0 Å². The summed E-state index contributed by atoms with van der Waals surface area (Å²) < 4.78 is 5.39. The van der Waals surface area contributed by atoms with Gasteiger partial charge >= 0.3 is 0 Å². The van der Waals surface area contributed by atoms with Crippen molar-refractivity contribution in [1.29, 1.82) is 0 Å². The van der Waals surface area contributed by atoms with Crippen LogP contribution >= 0.6 is 0 Å². The number of nitrogens with one attached hydrogen (secondary N) is 2. The van der Waals surface area contributed by atoms with E-state index >= 15 is 0 Å². The first kappa shape index (κ1) is 17.7. The number of rotatable bonds is 10. The fraction of sp³-hybridized carbons (Fsp3) is 0.733. The first-order chi connectivity index (χ1) is 10.1. The molecule has 0 bridgehead atoms. The van der Waals surface area contributed by atoms with Gasteiger partial charge in [0, 0.05) is 31.9 Å². The Hall–Kier alpha value is -1.40. The van der Waals surface area contributed by atoms with Crippen molar-refractivity contribution in [2.45, 2.75) is 46.8 Å². The summed E-state index contributed by atoms with van der Waals surface area (Å²) >= 11 is 0. The van der Waals surface area contributed by atoms with E-state index in [9.17, 15) is 0 Å². The third-order valence-electron chi connectivity index (χ3n) is 3.14. The van der Waals surface area contributed by atoms with Gasteiger partial charge in [0.25, 0.3) is 0 Å². The van der Waals surface area contributed by atoms with Crippen molar-refractivity contribution in [1.82, 2.24) is 9.97 Å². The number of hydrogen-bond acceptors (Lipinski definition) is 6. The molecule has 0 aliphatic carbocycles. The highest BCUT2D eigenvalue weighted by Gasteiger charge is 2.14. The Morgan fingerprint density at radius 3 is 2.52 bits per heavy atom. The van der Waals surface area contributed by atoms with Gasteiger partial charge in [-0.2, -0.15) is 0 Å². The molecular weight excluding hydrogens is 268 g/mol. The molecule has 0 radical (unpaired) electrons. The number of nitrogens with zero attached hydrogens (tertiary/aromatic N) is 2. The van der Waals surface area contributed by atoms with Crippen LogP contribution in [0.1, 0.15) is 39.9 Å². The van der Waals surface area contributed by atoms with E-state index in [-0.39, 0.29) is 12.6 Å². The Kier molecular flexibility index (Phi) is 8.00. The summed E-state index contributed by atoms with van der Waals surface area (Å²) in [6.45, 7) is 10.2. The lowest BCUT2D eigenvalue weighted by Gasteiger charge is -2.22. The molecule has 0 aliphatic heterocycles. The second kappa shape index (κ2) is 9.52. The maximum Gasteiger partial charge on any atom is 0.158 e. The standard InChI is InChI=1S/C15H28N4O2/c1-5-16-13-9-14(17-12(7-8-20)11(3)4)19-15(18-13)10-21-6-2/h9,11-12,20H,5-8,10H2,1-4H3,(H2,16,17,18,19). The maximum atomic E-state index is 9.17. The minimum atomic E-state index is 0.160. The molecule has 1 aromatic heterocycles. The van der Waals surface area contributed by atoms with Crippen LogP contribution in [-0.2, 0) is 11.3 Å². The van der Waals surface area contributed by atoms with Gasteiger partial charge < -0.3 is 20.5 Å². The zero-order valence-electron chi connectivity index (χ0n) is 13.5. The Labute approximate surface area is 127 Å². The van der Waals surface area contributed by atoms with E-state index in [1.54, 1.807) is 0 Å². The quantitative estimate of drug-likeness (QED) is 0.614. The van der Waals surface area contributed by atoms with Crippen molar-refractivity contribution >= 4 is 11.6 Å². The molecule has 0 spiro atoms. The molecule has 1 heterocycles. The SMILES string of the molecule is CCNc1cc(NC(CCO)C(C)C)nc(COCC)n1. The first-order valence-electron chi connectivity index (χ1n) is 7.67. The zero-order chi connectivity index (χ0) is 15.7. The smallest absolute Gasteiger partial charge is 0.158 e. The van der Waals surface area contributed by atoms with Crippen LogP contribution in [0.4, 0.5) is 11.6 Å². The Morgan fingerprint density at radius 2 is 1.95 bits per heavy atom. The molecular formula is C15H28N4O2. The monoisotopic (exact) mass is 296 g/mol. The molecule has 1 aromatic rings. The third-order valence-corrected chi connectivity index (χ3v) is 3.14. The normalized spacial score (nSPS) is 12.5. The summed E-state index contributed by atoms with van der Waals surface area (Å²) in [6.07, 6.45) is 0.693. The van der Waals surface area contributed by atoms with E-state index in [1.807, 2.05) is 19.9 Å². The van der Waals surface area contributed by atoms with Crippen molar-refractivity contribution in [3.63, 3.8) is 0 Å². The number of aliphatic hydroxyl groups excluding tert-OH is 1. The van der Waals surface area contributed by atoms with Crippen LogP contribution in [0, 0.1) is 5.92 Å². The average Bonchev–Trinajstić information content (AvgIpc) is 2.45. The molecule has 1 rings (SSSR count). The fourth-order valence-corrected chi connectivity index (χ4v) is 2.00. The van der Waals surface area contributed by atoms with Gasteiger partial charge in [0.1, 0.15) is 18.2 Å².